The molecule has 0 saturated carbocycles. The highest BCUT2D eigenvalue weighted by molar-refractivity contribution is 8.00. The maximum Gasteiger partial charge on any atom is 0.324 e. The first-order chi connectivity index (χ1) is 7.61. The number of nitrogens with zero attached hydrogens (tertiary/aromatic N) is 1. The highest BCUT2D eigenvalue weighted by atomic mass is 32.2. The number of carboxylic acids is 1. The molecule has 0 aliphatic carbocycles. The average molecular weight is 241 g/mol. The lowest BCUT2D eigenvalue weighted by molar-refractivity contribution is -0.139. The van der Waals surface area contributed by atoms with Crippen molar-refractivity contribution in [1.29, 1.82) is 0 Å². The highest BCUT2D eigenvalue weighted by Gasteiger charge is 2.35. The van der Waals surface area contributed by atoms with Crippen molar-refractivity contribution in [2.24, 2.45) is 0 Å². The Kier molecular flexibility index (Phi) is 4.76. The summed E-state index contributed by atoms with van der Waals surface area (Å²) in [4.78, 5) is 15.2. The zero-order chi connectivity index (χ0) is 12.0. The van der Waals surface area contributed by atoms with Crippen LogP contribution in [-0.4, -0.2) is 35.5 Å². The van der Waals surface area contributed by atoms with E-state index in [4.69, 9.17) is 4.74 Å². The third kappa shape index (κ3) is 2.96. The predicted molar refractivity (Wildman–Crippen MR) is 63.6 cm³/mol. The van der Waals surface area contributed by atoms with Gasteiger partial charge in [-0.3, -0.25) is 9.78 Å². The second-order valence-electron chi connectivity index (χ2n) is 3.42. The standard InChI is InChI=1S/C11H15NO3S/c1-11(10(13)14,16-8-7-15-2)9-3-5-12-6-4-9/h3-6H,7-8H2,1-2H3,(H,13,14). The Balaban J connectivity index is 2.85. The van der Waals surface area contributed by atoms with Gasteiger partial charge in [-0.25, -0.2) is 0 Å². The van der Waals surface area contributed by atoms with E-state index in [1.54, 1.807) is 38.6 Å². The van der Waals surface area contributed by atoms with Gasteiger partial charge in [-0.1, -0.05) is 0 Å². The first kappa shape index (κ1) is 13.0. The van der Waals surface area contributed by atoms with Crippen LogP contribution in [0.25, 0.3) is 0 Å². The van der Waals surface area contributed by atoms with Crippen LogP contribution in [0, 0.1) is 0 Å². The van der Waals surface area contributed by atoms with Crippen molar-refractivity contribution >= 4 is 17.7 Å². The number of rotatable bonds is 6. The van der Waals surface area contributed by atoms with E-state index in [1.165, 1.54) is 11.8 Å². The maximum atomic E-state index is 11.3. The Morgan fingerprint density at radius 1 is 1.56 bits per heavy atom. The summed E-state index contributed by atoms with van der Waals surface area (Å²) in [5.74, 6) is -0.207. The molecule has 0 aliphatic rings. The fourth-order valence-electron chi connectivity index (χ4n) is 1.27. The molecule has 1 rings (SSSR count). The topological polar surface area (TPSA) is 59.4 Å². The Morgan fingerprint density at radius 2 is 2.19 bits per heavy atom. The van der Waals surface area contributed by atoms with Crippen molar-refractivity contribution in [2.45, 2.75) is 11.7 Å². The molecule has 1 aromatic rings. The lowest BCUT2D eigenvalue weighted by Crippen LogP contribution is -2.29. The predicted octanol–water partition coefficient (Wildman–Crippen LogP) is 1.76. The van der Waals surface area contributed by atoms with Gasteiger partial charge in [0.15, 0.2) is 0 Å². The number of hydrogen-bond acceptors (Lipinski definition) is 4. The molecular weight excluding hydrogens is 226 g/mol. The summed E-state index contributed by atoms with van der Waals surface area (Å²) in [6, 6.07) is 3.46. The number of thioether (sulfide) groups is 1. The van der Waals surface area contributed by atoms with Gasteiger partial charge in [0.2, 0.25) is 0 Å². The van der Waals surface area contributed by atoms with Gasteiger partial charge in [-0.2, -0.15) is 0 Å². The average Bonchev–Trinajstić information content (AvgIpc) is 2.30. The van der Waals surface area contributed by atoms with Gasteiger partial charge < -0.3 is 9.84 Å². The van der Waals surface area contributed by atoms with Crippen LogP contribution >= 0.6 is 11.8 Å². The molecule has 0 aromatic carbocycles. The smallest absolute Gasteiger partial charge is 0.324 e. The van der Waals surface area contributed by atoms with Crippen molar-refractivity contribution in [3.63, 3.8) is 0 Å². The van der Waals surface area contributed by atoms with Crippen LogP contribution in [-0.2, 0) is 14.3 Å². The number of carbonyl (C=O) groups is 1. The van der Waals surface area contributed by atoms with E-state index >= 15 is 0 Å². The molecular formula is C11H15NO3S. The van der Waals surface area contributed by atoms with Gasteiger partial charge in [-0.15, -0.1) is 11.8 Å². The van der Waals surface area contributed by atoms with E-state index in [2.05, 4.69) is 4.98 Å². The summed E-state index contributed by atoms with van der Waals surface area (Å²) in [5, 5.41) is 9.30. The lowest BCUT2D eigenvalue weighted by Gasteiger charge is -2.24. The second-order valence-corrected chi connectivity index (χ2v) is 4.93. The van der Waals surface area contributed by atoms with E-state index in [-0.39, 0.29) is 0 Å². The Bertz CT molecular complexity index is 344. The first-order valence-electron chi connectivity index (χ1n) is 4.88. The van der Waals surface area contributed by atoms with Gasteiger partial charge in [0.05, 0.1) is 6.61 Å². The molecule has 0 fully saturated rings. The van der Waals surface area contributed by atoms with E-state index < -0.39 is 10.7 Å². The number of aliphatic carboxylic acids is 1. The Labute approximate surface area is 99.0 Å². The number of methoxy groups -OCH3 is 1. The summed E-state index contributed by atoms with van der Waals surface area (Å²) >= 11 is 1.36. The number of aromatic nitrogens is 1. The molecule has 0 bridgehead atoms. The Hall–Kier alpha value is -1.07. The molecule has 4 nitrogen and oxygen atoms in total. The number of pyridine rings is 1. The van der Waals surface area contributed by atoms with Crippen LogP contribution in [0.2, 0.25) is 0 Å². The van der Waals surface area contributed by atoms with Gasteiger partial charge in [0.1, 0.15) is 4.75 Å². The molecule has 0 amide bonds. The molecule has 0 aliphatic heterocycles. The highest BCUT2D eigenvalue weighted by Crippen LogP contribution is 2.35. The lowest BCUT2D eigenvalue weighted by atomic mass is 10.0. The molecule has 0 radical (unpaired) electrons. The van der Waals surface area contributed by atoms with Crippen LogP contribution in [0.15, 0.2) is 24.5 Å². The summed E-state index contributed by atoms with van der Waals surface area (Å²) < 4.78 is 3.98. The van der Waals surface area contributed by atoms with Crippen LogP contribution in [0.3, 0.4) is 0 Å². The number of ether oxygens (including phenoxy) is 1. The van der Waals surface area contributed by atoms with Crippen molar-refractivity contribution in [3.8, 4) is 0 Å². The molecule has 0 saturated heterocycles. The van der Waals surface area contributed by atoms with E-state index in [1.807, 2.05) is 0 Å². The zero-order valence-electron chi connectivity index (χ0n) is 9.34. The van der Waals surface area contributed by atoms with Gasteiger partial charge in [0, 0.05) is 25.3 Å². The van der Waals surface area contributed by atoms with Crippen molar-refractivity contribution < 1.29 is 14.6 Å². The summed E-state index contributed by atoms with van der Waals surface area (Å²) in [6.07, 6.45) is 3.21. The van der Waals surface area contributed by atoms with E-state index in [0.29, 0.717) is 12.4 Å². The minimum absolute atomic E-state index is 0.540. The SMILES string of the molecule is COCCSC(C)(C(=O)O)c1ccncc1. The normalized spacial score (nSPS) is 14.4. The van der Waals surface area contributed by atoms with Crippen LogP contribution in [0.4, 0.5) is 0 Å². The van der Waals surface area contributed by atoms with Crippen molar-refractivity contribution in [2.75, 3.05) is 19.5 Å². The van der Waals surface area contributed by atoms with Gasteiger partial charge >= 0.3 is 5.97 Å². The molecule has 1 atom stereocenters. The molecule has 1 N–H and O–H groups in total. The second kappa shape index (κ2) is 5.86. The number of hydrogen-bond donors (Lipinski definition) is 1. The summed E-state index contributed by atoms with van der Waals surface area (Å²) in [7, 11) is 1.60. The first-order valence-corrected chi connectivity index (χ1v) is 5.86. The molecule has 1 unspecified atom stereocenters. The molecule has 0 spiro atoms. The molecule has 1 heterocycles. The zero-order valence-corrected chi connectivity index (χ0v) is 10.2. The minimum atomic E-state index is -0.943. The van der Waals surface area contributed by atoms with Crippen molar-refractivity contribution in [1.82, 2.24) is 4.98 Å². The maximum absolute atomic E-state index is 11.3. The van der Waals surface area contributed by atoms with Crippen molar-refractivity contribution in [3.05, 3.63) is 30.1 Å². The monoisotopic (exact) mass is 241 g/mol. The molecule has 1 aromatic heterocycles. The van der Waals surface area contributed by atoms with Crippen LogP contribution in [0.5, 0.6) is 0 Å². The fourth-order valence-corrected chi connectivity index (χ4v) is 2.35. The van der Waals surface area contributed by atoms with Gasteiger partial charge in [0.25, 0.3) is 0 Å². The largest absolute Gasteiger partial charge is 0.480 e. The third-order valence-electron chi connectivity index (χ3n) is 2.32. The number of carboxylic acid groups (broad SMARTS) is 1. The quantitative estimate of drug-likeness (QED) is 0.769. The summed E-state index contributed by atoms with van der Waals surface area (Å²) in [6.45, 7) is 2.24. The van der Waals surface area contributed by atoms with Gasteiger partial charge in [-0.05, 0) is 24.6 Å². The molecule has 88 valence electrons. The Morgan fingerprint density at radius 3 is 2.69 bits per heavy atom. The van der Waals surface area contributed by atoms with E-state index in [9.17, 15) is 9.90 Å². The fraction of sp³-hybridized carbons (Fsp3) is 0.455. The molecule has 5 heteroatoms. The molecule has 16 heavy (non-hydrogen) atoms. The van der Waals surface area contributed by atoms with Crippen LogP contribution in [0.1, 0.15) is 12.5 Å². The summed E-state index contributed by atoms with van der Waals surface area (Å²) in [5.41, 5.74) is 0.746. The third-order valence-corrected chi connectivity index (χ3v) is 3.68. The minimum Gasteiger partial charge on any atom is -0.480 e. The van der Waals surface area contributed by atoms with E-state index in [0.717, 1.165) is 5.56 Å². The van der Waals surface area contributed by atoms with Crippen LogP contribution < -0.4 is 0 Å².